The second-order valence-electron chi connectivity index (χ2n) is 5.78. The zero-order chi connectivity index (χ0) is 17.2. The van der Waals surface area contributed by atoms with Crippen LogP contribution in [0.4, 0.5) is 5.82 Å². The molecular formula is C16H17N7OS. The Balaban J connectivity index is 1.42. The van der Waals surface area contributed by atoms with Crippen LogP contribution < -0.4 is 4.90 Å². The first-order valence-corrected chi connectivity index (χ1v) is 8.83. The number of aryl methyl sites for hydroxylation is 1. The lowest BCUT2D eigenvalue weighted by Crippen LogP contribution is -2.49. The molecule has 0 bridgehead atoms. The van der Waals surface area contributed by atoms with Gasteiger partial charge in [0.05, 0.1) is 12.4 Å². The van der Waals surface area contributed by atoms with Crippen LogP contribution in [0.5, 0.6) is 0 Å². The van der Waals surface area contributed by atoms with Crippen LogP contribution in [0.2, 0.25) is 0 Å². The van der Waals surface area contributed by atoms with Gasteiger partial charge in [0.15, 0.2) is 0 Å². The van der Waals surface area contributed by atoms with E-state index in [4.69, 9.17) is 0 Å². The third-order valence-electron chi connectivity index (χ3n) is 4.12. The standard InChI is InChI=1S/C16H17N7OS/c1-21-10-12(8-19-21)15-20-13(11-25-15)16(24)23-6-4-22(5-7-23)14-9-17-2-3-18-14/h2-3,8-11H,4-7H2,1H3. The number of aromatic nitrogens is 5. The summed E-state index contributed by atoms with van der Waals surface area (Å²) in [4.78, 5) is 29.6. The lowest BCUT2D eigenvalue weighted by atomic mass is 10.3. The largest absolute Gasteiger partial charge is 0.352 e. The van der Waals surface area contributed by atoms with Gasteiger partial charge in [0, 0.05) is 62.8 Å². The van der Waals surface area contributed by atoms with E-state index < -0.39 is 0 Å². The molecule has 0 saturated carbocycles. The quantitative estimate of drug-likeness (QED) is 0.704. The van der Waals surface area contributed by atoms with Crippen molar-refractivity contribution < 1.29 is 4.79 Å². The van der Waals surface area contributed by atoms with E-state index >= 15 is 0 Å². The van der Waals surface area contributed by atoms with Gasteiger partial charge in [-0.3, -0.25) is 14.5 Å². The molecule has 4 heterocycles. The molecule has 8 nitrogen and oxygen atoms in total. The van der Waals surface area contributed by atoms with Crippen LogP contribution in [0.15, 0.2) is 36.4 Å². The molecule has 0 radical (unpaired) electrons. The summed E-state index contributed by atoms with van der Waals surface area (Å²) >= 11 is 1.47. The molecular weight excluding hydrogens is 338 g/mol. The van der Waals surface area contributed by atoms with Crippen molar-refractivity contribution in [3.8, 4) is 10.6 Å². The molecule has 25 heavy (non-hydrogen) atoms. The fraction of sp³-hybridized carbons (Fsp3) is 0.312. The molecule has 0 N–H and O–H groups in total. The van der Waals surface area contributed by atoms with Crippen molar-refractivity contribution in [1.82, 2.24) is 29.6 Å². The fourth-order valence-electron chi connectivity index (χ4n) is 2.79. The molecule has 1 aliphatic rings. The Morgan fingerprint density at radius 2 is 2.00 bits per heavy atom. The zero-order valence-electron chi connectivity index (χ0n) is 13.7. The summed E-state index contributed by atoms with van der Waals surface area (Å²) < 4.78 is 1.73. The van der Waals surface area contributed by atoms with Crippen molar-refractivity contribution in [3.05, 3.63) is 42.1 Å². The normalized spacial score (nSPS) is 14.8. The van der Waals surface area contributed by atoms with Crippen LogP contribution in [0.3, 0.4) is 0 Å². The minimum absolute atomic E-state index is 0.0230. The van der Waals surface area contributed by atoms with Crippen LogP contribution in [0, 0.1) is 0 Å². The van der Waals surface area contributed by atoms with E-state index in [-0.39, 0.29) is 5.91 Å². The molecule has 0 atom stereocenters. The number of anilines is 1. The fourth-order valence-corrected chi connectivity index (χ4v) is 3.56. The van der Waals surface area contributed by atoms with Crippen LogP contribution >= 0.6 is 11.3 Å². The van der Waals surface area contributed by atoms with Gasteiger partial charge in [-0.2, -0.15) is 5.10 Å². The van der Waals surface area contributed by atoms with E-state index in [2.05, 4.69) is 25.0 Å². The third kappa shape index (κ3) is 3.22. The Kier molecular flexibility index (Phi) is 4.14. The summed E-state index contributed by atoms with van der Waals surface area (Å²) in [6.45, 7) is 2.78. The Labute approximate surface area is 148 Å². The van der Waals surface area contributed by atoms with E-state index in [0.717, 1.165) is 29.5 Å². The first kappa shape index (κ1) is 15.7. The van der Waals surface area contributed by atoms with Gasteiger partial charge in [-0.1, -0.05) is 0 Å². The summed E-state index contributed by atoms with van der Waals surface area (Å²) in [6, 6.07) is 0. The highest BCUT2D eigenvalue weighted by molar-refractivity contribution is 7.13. The Morgan fingerprint density at radius 1 is 1.16 bits per heavy atom. The maximum atomic E-state index is 12.7. The van der Waals surface area contributed by atoms with Crippen LogP contribution in [-0.2, 0) is 7.05 Å². The first-order chi connectivity index (χ1) is 12.2. The van der Waals surface area contributed by atoms with Crippen LogP contribution in [0.25, 0.3) is 10.6 Å². The van der Waals surface area contributed by atoms with Gasteiger partial charge in [-0.25, -0.2) is 9.97 Å². The number of amides is 1. The van der Waals surface area contributed by atoms with Crippen molar-refractivity contribution >= 4 is 23.1 Å². The monoisotopic (exact) mass is 355 g/mol. The molecule has 0 unspecified atom stereocenters. The number of piperazine rings is 1. The van der Waals surface area contributed by atoms with Gasteiger partial charge in [0.2, 0.25) is 0 Å². The first-order valence-electron chi connectivity index (χ1n) is 7.95. The van der Waals surface area contributed by atoms with E-state index in [1.165, 1.54) is 11.3 Å². The molecule has 3 aromatic heterocycles. The van der Waals surface area contributed by atoms with E-state index in [9.17, 15) is 4.79 Å². The van der Waals surface area contributed by atoms with Gasteiger partial charge in [0.25, 0.3) is 5.91 Å². The van der Waals surface area contributed by atoms with Crippen molar-refractivity contribution in [3.63, 3.8) is 0 Å². The van der Waals surface area contributed by atoms with Crippen LogP contribution in [0.1, 0.15) is 10.5 Å². The second-order valence-corrected chi connectivity index (χ2v) is 6.64. The van der Waals surface area contributed by atoms with Crippen molar-refractivity contribution in [2.45, 2.75) is 0 Å². The molecule has 1 saturated heterocycles. The second kappa shape index (κ2) is 6.60. The van der Waals surface area contributed by atoms with Crippen molar-refractivity contribution in [2.75, 3.05) is 31.1 Å². The maximum Gasteiger partial charge on any atom is 0.273 e. The summed E-state index contributed by atoms with van der Waals surface area (Å²) in [7, 11) is 1.86. The molecule has 0 spiro atoms. The Morgan fingerprint density at radius 3 is 2.68 bits per heavy atom. The maximum absolute atomic E-state index is 12.7. The predicted molar refractivity (Wildman–Crippen MR) is 94.5 cm³/mol. The highest BCUT2D eigenvalue weighted by Gasteiger charge is 2.24. The number of hydrogen-bond donors (Lipinski definition) is 0. The molecule has 3 aromatic rings. The molecule has 0 aromatic carbocycles. The SMILES string of the molecule is Cn1cc(-c2nc(C(=O)N3CCN(c4cnccn4)CC3)cs2)cn1. The van der Waals surface area contributed by atoms with Crippen molar-refractivity contribution in [1.29, 1.82) is 0 Å². The molecule has 0 aliphatic carbocycles. The highest BCUT2D eigenvalue weighted by Crippen LogP contribution is 2.24. The zero-order valence-corrected chi connectivity index (χ0v) is 14.6. The van der Waals surface area contributed by atoms with Crippen LogP contribution in [-0.4, -0.2) is 61.7 Å². The van der Waals surface area contributed by atoms with E-state index in [1.54, 1.807) is 29.5 Å². The average molecular weight is 355 g/mol. The van der Waals surface area contributed by atoms with Crippen molar-refractivity contribution in [2.24, 2.45) is 7.05 Å². The number of rotatable bonds is 3. The molecule has 128 valence electrons. The Bertz CT molecular complexity index is 868. The summed E-state index contributed by atoms with van der Waals surface area (Å²) in [5, 5.41) is 6.78. The number of carbonyl (C=O) groups is 1. The number of thiazole rings is 1. The summed E-state index contributed by atoms with van der Waals surface area (Å²) in [6.07, 6.45) is 8.74. The molecule has 1 aliphatic heterocycles. The molecule has 4 rings (SSSR count). The minimum Gasteiger partial charge on any atom is -0.352 e. The number of hydrogen-bond acceptors (Lipinski definition) is 7. The molecule has 1 amide bonds. The lowest BCUT2D eigenvalue weighted by Gasteiger charge is -2.34. The van der Waals surface area contributed by atoms with E-state index in [0.29, 0.717) is 18.8 Å². The van der Waals surface area contributed by atoms with Gasteiger partial charge in [0.1, 0.15) is 16.5 Å². The van der Waals surface area contributed by atoms with Gasteiger partial charge < -0.3 is 9.80 Å². The predicted octanol–water partition coefficient (Wildman–Crippen LogP) is 1.30. The van der Waals surface area contributed by atoms with Gasteiger partial charge in [-0.05, 0) is 0 Å². The average Bonchev–Trinajstić information content (AvgIpc) is 3.31. The van der Waals surface area contributed by atoms with E-state index in [1.807, 2.05) is 23.5 Å². The topological polar surface area (TPSA) is 80.0 Å². The summed E-state index contributed by atoms with van der Waals surface area (Å²) in [5.41, 5.74) is 1.43. The van der Waals surface area contributed by atoms with Gasteiger partial charge in [-0.15, -0.1) is 11.3 Å². The number of carbonyl (C=O) groups excluding carboxylic acids is 1. The molecule has 1 fully saturated rings. The number of nitrogens with zero attached hydrogens (tertiary/aromatic N) is 7. The third-order valence-corrected chi connectivity index (χ3v) is 5.01. The minimum atomic E-state index is -0.0230. The highest BCUT2D eigenvalue weighted by atomic mass is 32.1. The smallest absolute Gasteiger partial charge is 0.273 e. The Hall–Kier alpha value is -2.81. The molecule has 9 heteroatoms. The van der Waals surface area contributed by atoms with Gasteiger partial charge >= 0.3 is 0 Å². The summed E-state index contributed by atoms with van der Waals surface area (Å²) in [5.74, 6) is 0.826. The lowest BCUT2D eigenvalue weighted by molar-refractivity contribution is 0.0741.